The summed E-state index contributed by atoms with van der Waals surface area (Å²) >= 11 is 0. The summed E-state index contributed by atoms with van der Waals surface area (Å²) in [7, 11) is -3.26. The van der Waals surface area contributed by atoms with E-state index < -0.39 is 39.7 Å². The molecule has 2 aromatic carbocycles. The van der Waals surface area contributed by atoms with Crippen molar-refractivity contribution in [1.29, 1.82) is 0 Å². The van der Waals surface area contributed by atoms with Gasteiger partial charge in [0.1, 0.15) is 11.5 Å². The molecule has 0 radical (unpaired) electrons. The lowest BCUT2D eigenvalue weighted by Crippen LogP contribution is -2.42. The Kier molecular flexibility index (Phi) is 6.73. The highest BCUT2D eigenvalue weighted by Crippen LogP contribution is 2.25. The molecule has 0 aliphatic carbocycles. The molecule has 2 aliphatic rings. The Balaban J connectivity index is 1.54. The van der Waals surface area contributed by atoms with Gasteiger partial charge in [0.15, 0.2) is 9.84 Å². The van der Waals surface area contributed by atoms with Crippen LogP contribution in [0.1, 0.15) is 30.9 Å². The van der Waals surface area contributed by atoms with Crippen LogP contribution in [0.25, 0.3) is 0 Å². The number of anilines is 1. The molecule has 0 bridgehead atoms. The SMILES string of the molecule is O=C(O[C@@H](C(=O)Nc1ccc(F)cc1)c1ccccc1)C1=NN([C@@H]2CCS(=O)(=O)C2)C(=O)CC1. The number of hydrogen-bond donors (Lipinski definition) is 1. The van der Waals surface area contributed by atoms with E-state index in [9.17, 15) is 27.2 Å². The molecule has 2 aromatic rings. The number of rotatable bonds is 6. The van der Waals surface area contributed by atoms with E-state index in [1.165, 1.54) is 24.3 Å². The molecule has 1 saturated heterocycles. The zero-order valence-electron chi connectivity index (χ0n) is 18.0. The lowest BCUT2D eigenvalue weighted by atomic mass is 10.1. The number of carbonyl (C=O) groups excluding carboxylic acids is 3. The number of sulfone groups is 1. The van der Waals surface area contributed by atoms with Crippen molar-refractivity contribution in [3.05, 3.63) is 66.0 Å². The first-order chi connectivity index (χ1) is 16.2. The number of hydrogen-bond acceptors (Lipinski definition) is 7. The van der Waals surface area contributed by atoms with Crippen LogP contribution in [0.3, 0.4) is 0 Å². The van der Waals surface area contributed by atoms with E-state index in [2.05, 4.69) is 10.4 Å². The molecule has 2 amide bonds. The zero-order chi connectivity index (χ0) is 24.3. The molecular weight excluding hydrogens is 465 g/mol. The fourth-order valence-corrected chi connectivity index (χ4v) is 5.48. The highest BCUT2D eigenvalue weighted by molar-refractivity contribution is 7.91. The standard InChI is InChI=1S/C23H22FN3O6S/c24-16-6-8-17(9-7-16)25-22(29)21(15-4-2-1-3-5-15)33-23(30)19-10-11-20(28)27(26-19)18-12-13-34(31,32)14-18/h1-9,18,21H,10-14H2,(H,25,29)/t18-,21-/m1/s1. The van der Waals surface area contributed by atoms with Gasteiger partial charge in [0.2, 0.25) is 12.0 Å². The van der Waals surface area contributed by atoms with E-state index in [4.69, 9.17) is 4.74 Å². The van der Waals surface area contributed by atoms with Crippen molar-refractivity contribution in [1.82, 2.24) is 5.01 Å². The Bertz CT molecular complexity index is 1230. The summed E-state index contributed by atoms with van der Waals surface area (Å²) in [6, 6.07) is 12.8. The van der Waals surface area contributed by atoms with E-state index in [1.807, 2.05) is 0 Å². The monoisotopic (exact) mass is 487 g/mol. The molecular formula is C23H22FN3O6S. The molecule has 1 N–H and O–H groups in total. The van der Waals surface area contributed by atoms with Crippen LogP contribution in [0.2, 0.25) is 0 Å². The molecule has 0 unspecified atom stereocenters. The van der Waals surface area contributed by atoms with Crippen LogP contribution in [0.4, 0.5) is 10.1 Å². The van der Waals surface area contributed by atoms with E-state index in [1.54, 1.807) is 30.3 Å². The van der Waals surface area contributed by atoms with Crippen molar-refractivity contribution in [3.8, 4) is 0 Å². The minimum atomic E-state index is -3.26. The van der Waals surface area contributed by atoms with Crippen molar-refractivity contribution < 1.29 is 31.9 Å². The number of nitrogens with zero attached hydrogens (tertiary/aromatic N) is 2. The van der Waals surface area contributed by atoms with Crippen LogP contribution in [0.15, 0.2) is 59.7 Å². The van der Waals surface area contributed by atoms with Gasteiger partial charge in [-0.1, -0.05) is 30.3 Å². The van der Waals surface area contributed by atoms with Crippen LogP contribution >= 0.6 is 0 Å². The first kappa shape index (κ1) is 23.6. The van der Waals surface area contributed by atoms with E-state index >= 15 is 0 Å². The molecule has 1 fully saturated rings. The van der Waals surface area contributed by atoms with Crippen molar-refractivity contribution in [2.24, 2.45) is 5.10 Å². The highest BCUT2D eigenvalue weighted by Gasteiger charge is 2.38. The summed E-state index contributed by atoms with van der Waals surface area (Å²) in [6.07, 6.45) is -1.11. The number of esters is 1. The Hall–Kier alpha value is -3.60. The number of amides is 2. The van der Waals surface area contributed by atoms with Crippen molar-refractivity contribution in [2.75, 3.05) is 16.8 Å². The quantitative estimate of drug-likeness (QED) is 0.624. The third-order valence-electron chi connectivity index (χ3n) is 5.53. The van der Waals surface area contributed by atoms with Gasteiger partial charge in [0.25, 0.3) is 5.91 Å². The van der Waals surface area contributed by atoms with E-state index in [0.29, 0.717) is 11.3 Å². The van der Waals surface area contributed by atoms with Crippen molar-refractivity contribution in [2.45, 2.75) is 31.4 Å². The normalized spacial score (nSPS) is 20.4. The first-order valence-electron chi connectivity index (χ1n) is 10.6. The van der Waals surface area contributed by atoms with Crippen LogP contribution in [0, 0.1) is 5.82 Å². The van der Waals surface area contributed by atoms with Crippen LogP contribution in [-0.2, 0) is 29.0 Å². The molecule has 11 heteroatoms. The molecule has 34 heavy (non-hydrogen) atoms. The van der Waals surface area contributed by atoms with Gasteiger partial charge in [0, 0.05) is 24.1 Å². The average molecular weight is 488 g/mol. The second kappa shape index (κ2) is 9.72. The van der Waals surface area contributed by atoms with E-state index in [-0.39, 0.29) is 42.4 Å². The lowest BCUT2D eigenvalue weighted by Gasteiger charge is -2.27. The first-order valence-corrected chi connectivity index (χ1v) is 12.5. The number of benzene rings is 2. The molecule has 2 atom stereocenters. The molecule has 0 spiro atoms. The van der Waals surface area contributed by atoms with Gasteiger partial charge in [-0.2, -0.15) is 5.10 Å². The molecule has 4 rings (SSSR count). The maximum Gasteiger partial charge on any atom is 0.355 e. The summed E-state index contributed by atoms with van der Waals surface area (Å²) < 4.78 is 42.3. The number of hydrazone groups is 1. The maximum absolute atomic E-state index is 13.2. The number of halogens is 1. The average Bonchev–Trinajstić information content (AvgIpc) is 3.19. The lowest BCUT2D eigenvalue weighted by molar-refractivity contribution is -0.148. The van der Waals surface area contributed by atoms with Gasteiger partial charge in [-0.15, -0.1) is 0 Å². The minimum absolute atomic E-state index is 0.00866. The Labute approximate surface area is 195 Å². The zero-order valence-corrected chi connectivity index (χ0v) is 18.8. The van der Waals surface area contributed by atoms with Gasteiger partial charge >= 0.3 is 5.97 Å². The predicted molar refractivity (Wildman–Crippen MR) is 121 cm³/mol. The third kappa shape index (κ3) is 5.48. The molecule has 178 valence electrons. The van der Waals surface area contributed by atoms with Crippen molar-refractivity contribution >= 4 is 39.0 Å². The topological polar surface area (TPSA) is 122 Å². The summed E-state index contributed by atoms with van der Waals surface area (Å²) in [6.45, 7) is 0. The molecule has 2 aliphatic heterocycles. The predicted octanol–water partition coefficient (Wildman–Crippen LogP) is 2.21. The largest absolute Gasteiger partial charge is 0.443 e. The number of ether oxygens (including phenoxy) is 1. The fourth-order valence-electron chi connectivity index (χ4n) is 3.79. The van der Waals surface area contributed by atoms with Crippen LogP contribution in [0.5, 0.6) is 0 Å². The smallest absolute Gasteiger partial charge is 0.355 e. The maximum atomic E-state index is 13.2. The Morgan fingerprint density at radius 3 is 2.44 bits per heavy atom. The second-order valence-electron chi connectivity index (χ2n) is 8.03. The van der Waals surface area contributed by atoms with Gasteiger partial charge in [0.05, 0.1) is 17.5 Å². The number of carbonyl (C=O) groups is 3. The molecule has 0 saturated carbocycles. The highest BCUT2D eigenvalue weighted by atomic mass is 32.2. The third-order valence-corrected chi connectivity index (χ3v) is 7.28. The minimum Gasteiger partial charge on any atom is -0.443 e. The summed E-state index contributed by atoms with van der Waals surface area (Å²) in [5.74, 6) is -2.63. The van der Waals surface area contributed by atoms with Gasteiger partial charge in [-0.3, -0.25) is 9.59 Å². The summed E-state index contributed by atoms with van der Waals surface area (Å²) in [4.78, 5) is 38.2. The summed E-state index contributed by atoms with van der Waals surface area (Å²) in [5, 5.41) is 7.75. The second-order valence-corrected chi connectivity index (χ2v) is 10.3. The van der Waals surface area contributed by atoms with Gasteiger partial charge < -0.3 is 10.1 Å². The van der Waals surface area contributed by atoms with E-state index in [0.717, 1.165) is 5.01 Å². The number of nitrogens with one attached hydrogen (secondary N) is 1. The van der Waals surface area contributed by atoms with Gasteiger partial charge in [-0.25, -0.2) is 22.6 Å². The molecule has 0 aromatic heterocycles. The molecule has 9 nitrogen and oxygen atoms in total. The van der Waals surface area contributed by atoms with Crippen molar-refractivity contribution in [3.63, 3.8) is 0 Å². The molecule has 2 heterocycles. The van der Waals surface area contributed by atoms with Crippen LogP contribution < -0.4 is 5.32 Å². The van der Waals surface area contributed by atoms with Gasteiger partial charge in [-0.05, 0) is 30.7 Å². The Morgan fingerprint density at radius 2 is 1.79 bits per heavy atom. The summed E-state index contributed by atoms with van der Waals surface area (Å²) in [5.41, 5.74) is 0.652. The Morgan fingerprint density at radius 1 is 1.09 bits per heavy atom. The van der Waals surface area contributed by atoms with Crippen LogP contribution in [-0.4, -0.2) is 54.5 Å². The fraction of sp³-hybridized carbons (Fsp3) is 0.304.